The number of alkyl halides is 3. The quantitative estimate of drug-likeness (QED) is 0.230. The zero-order valence-corrected chi connectivity index (χ0v) is 20.1. The molecule has 0 bridgehead atoms. The maximum absolute atomic E-state index is 12.8. The fourth-order valence-corrected chi connectivity index (χ4v) is 5.86. The van der Waals surface area contributed by atoms with E-state index in [0.29, 0.717) is 16.4 Å². The first-order valence-electron chi connectivity index (χ1n) is 10.4. The number of carboxylic acids is 1. The number of carbonyl (C=O) groups is 4. The molecule has 2 unspecified atom stereocenters. The first kappa shape index (κ1) is 26.5. The molecule has 0 radical (unpaired) electrons. The highest BCUT2D eigenvalue weighted by atomic mass is 32.2. The van der Waals surface area contributed by atoms with Crippen LogP contribution in [0.1, 0.15) is 11.6 Å². The first-order valence-corrected chi connectivity index (χ1v) is 12.4. The number of anilines is 1. The number of carboxylic acid groups (broad SMARTS) is 1. The normalized spacial score (nSPS) is 20.1. The number of nitrogens with zero attached hydrogens (tertiary/aromatic N) is 3. The Bertz CT molecular complexity index is 1250. The lowest BCUT2D eigenvalue weighted by Crippen LogP contribution is -2.71. The number of aromatic nitrogens is 3. The van der Waals surface area contributed by atoms with Gasteiger partial charge in [-0.05, 0) is 23.3 Å². The average Bonchev–Trinajstić information content (AvgIpc) is 3.38. The molecule has 0 spiro atoms. The molecule has 2 aliphatic rings. The molecule has 1 aromatic heterocycles. The Morgan fingerprint density at radius 1 is 1.30 bits per heavy atom. The van der Waals surface area contributed by atoms with Crippen LogP contribution in [0.4, 0.5) is 18.9 Å². The Labute approximate surface area is 214 Å². The molecule has 2 aliphatic heterocycles. The third kappa shape index (κ3) is 5.57. The number of nitrogens with one attached hydrogen (secondary N) is 3. The third-order valence-electron chi connectivity index (χ3n) is 5.40. The molecule has 0 aliphatic carbocycles. The molecule has 1 saturated heterocycles. The van der Waals surface area contributed by atoms with Crippen molar-refractivity contribution in [1.29, 1.82) is 0 Å². The molecule has 1 aromatic carbocycles. The van der Waals surface area contributed by atoms with Gasteiger partial charge in [-0.15, -0.1) is 16.9 Å². The van der Waals surface area contributed by atoms with Crippen molar-refractivity contribution in [3.8, 4) is 0 Å². The van der Waals surface area contributed by atoms with Crippen molar-refractivity contribution in [3.63, 3.8) is 0 Å². The number of fused-ring (bicyclic) bond motifs is 1. The lowest BCUT2D eigenvalue weighted by atomic mass is 10.0. The molecule has 17 heteroatoms. The Kier molecular flexibility index (Phi) is 7.47. The van der Waals surface area contributed by atoms with Crippen LogP contribution in [0.15, 0.2) is 46.8 Å². The van der Waals surface area contributed by atoms with Gasteiger partial charge in [0.2, 0.25) is 5.91 Å². The van der Waals surface area contributed by atoms with E-state index >= 15 is 0 Å². The van der Waals surface area contributed by atoms with Crippen molar-refractivity contribution >= 4 is 52.9 Å². The molecule has 4 rings (SSSR count). The summed E-state index contributed by atoms with van der Waals surface area (Å²) in [5.41, 5.74) is 6.41. The van der Waals surface area contributed by atoms with Crippen LogP contribution in [0, 0.1) is 0 Å². The molecule has 37 heavy (non-hydrogen) atoms. The summed E-state index contributed by atoms with van der Waals surface area (Å²) in [5.74, 6) is -4.17. The predicted octanol–water partition coefficient (Wildman–Crippen LogP) is 0.836. The number of aliphatic carboxylic acids is 1. The number of amides is 3. The molecular weight excluding hydrogens is 539 g/mol. The van der Waals surface area contributed by atoms with E-state index in [9.17, 15) is 37.5 Å². The summed E-state index contributed by atoms with van der Waals surface area (Å²) in [7, 11) is 0. The topological polar surface area (TPSA) is 183 Å². The molecule has 3 atom stereocenters. The molecular formula is C20H18F3N7O5S2. The largest absolute Gasteiger partial charge is 0.477 e. The van der Waals surface area contributed by atoms with Crippen molar-refractivity contribution in [3.05, 3.63) is 47.3 Å². The van der Waals surface area contributed by atoms with Gasteiger partial charge in [0, 0.05) is 17.2 Å². The molecule has 0 saturated carbocycles. The molecule has 12 nitrogen and oxygen atoms in total. The van der Waals surface area contributed by atoms with E-state index in [2.05, 4.69) is 20.7 Å². The van der Waals surface area contributed by atoms with Crippen LogP contribution in [-0.2, 0) is 19.2 Å². The summed E-state index contributed by atoms with van der Waals surface area (Å²) < 4.78 is 37.2. The number of aromatic amines is 1. The van der Waals surface area contributed by atoms with Gasteiger partial charge in [0.15, 0.2) is 0 Å². The second-order valence-electron chi connectivity index (χ2n) is 7.81. The zero-order valence-electron chi connectivity index (χ0n) is 18.5. The minimum Gasteiger partial charge on any atom is -0.477 e. The van der Waals surface area contributed by atoms with E-state index in [-0.39, 0.29) is 22.7 Å². The maximum atomic E-state index is 12.8. The maximum Gasteiger partial charge on any atom is 0.471 e. The van der Waals surface area contributed by atoms with Gasteiger partial charge in [0.1, 0.15) is 28.2 Å². The number of thioether (sulfide) groups is 2. The smallest absolute Gasteiger partial charge is 0.471 e. The van der Waals surface area contributed by atoms with E-state index in [1.54, 1.807) is 11.5 Å². The van der Waals surface area contributed by atoms with Crippen LogP contribution in [0.25, 0.3) is 0 Å². The van der Waals surface area contributed by atoms with Gasteiger partial charge in [-0.3, -0.25) is 24.4 Å². The van der Waals surface area contributed by atoms with E-state index in [0.717, 1.165) is 17.0 Å². The molecule has 1 fully saturated rings. The summed E-state index contributed by atoms with van der Waals surface area (Å²) in [4.78, 5) is 49.6. The van der Waals surface area contributed by atoms with Crippen molar-refractivity contribution in [2.75, 3.05) is 16.8 Å². The van der Waals surface area contributed by atoms with Gasteiger partial charge in [-0.25, -0.2) is 4.79 Å². The van der Waals surface area contributed by atoms with Gasteiger partial charge in [0.25, 0.3) is 5.91 Å². The third-order valence-corrected chi connectivity index (χ3v) is 7.73. The van der Waals surface area contributed by atoms with Crippen LogP contribution < -0.4 is 16.4 Å². The molecule has 2 aromatic rings. The Morgan fingerprint density at radius 2 is 2.00 bits per heavy atom. The fraction of sp³-hybridized carbons (Fsp3) is 0.300. The number of carbonyl (C=O) groups excluding carboxylic acids is 3. The Balaban J connectivity index is 1.39. The molecule has 3 amide bonds. The molecule has 196 valence electrons. The molecule has 3 heterocycles. The lowest BCUT2D eigenvalue weighted by molar-refractivity contribution is -0.167. The Hall–Kier alpha value is -3.57. The van der Waals surface area contributed by atoms with Gasteiger partial charge in [0.05, 0.1) is 6.20 Å². The first-order chi connectivity index (χ1) is 17.5. The number of hydrogen-bond donors (Lipinski definition) is 5. The predicted molar refractivity (Wildman–Crippen MR) is 125 cm³/mol. The number of β-lactam (4-membered cyclic amide) rings is 1. The molecule has 6 N–H and O–H groups in total. The van der Waals surface area contributed by atoms with Crippen molar-refractivity contribution in [1.82, 2.24) is 25.6 Å². The summed E-state index contributed by atoms with van der Waals surface area (Å²) >= 11 is 2.55. The summed E-state index contributed by atoms with van der Waals surface area (Å²) in [5, 5.41) is 23.8. The van der Waals surface area contributed by atoms with Crippen LogP contribution in [0.3, 0.4) is 0 Å². The summed E-state index contributed by atoms with van der Waals surface area (Å²) in [6.07, 6.45) is -3.50. The minimum atomic E-state index is -5.05. The van der Waals surface area contributed by atoms with E-state index in [4.69, 9.17) is 5.73 Å². The second-order valence-corrected chi connectivity index (χ2v) is 9.91. The average molecular weight is 558 g/mol. The standard InChI is InChI=1S/C20H18F3N7O5S2/c21-20(22,23)19(35)26-10-3-1-8(2-4-10)12(24)15(31)27-13-16(32)30-14(18(33)34)9(7-37-17(13)30)6-36-11-5-25-29-28-11/h1-5,12-13,17H,6-7,24H2,(H,26,35)(H,27,31)(H,33,34)(H,25,28,29)/t12?,13?,17-/m1/s1. The van der Waals surface area contributed by atoms with Crippen LogP contribution in [-0.4, -0.2) is 78.2 Å². The fourth-order valence-electron chi connectivity index (χ4n) is 3.59. The minimum absolute atomic E-state index is 0.143. The van der Waals surface area contributed by atoms with E-state index < -0.39 is 47.3 Å². The van der Waals surface area contributed by atoms with Gasteiger partial charge >= 0.3 is 18.1 Å². The highest BCUT2D eigenvalue weighted by Crippen LogP contribution is 2.41. The summed E-state index contributed by atoms with van der Waals surface area (Å²) in [6.45, 7) is 0. The van der Waals surface area contributed by atoms with Crippen molar-refractivity contribution in [2.45, 2.75) is 28.7 Å². The van der Waals surface area contributed by atoms with Gasteiger partial charge in [-0.2, -0.15) is 13.2 Å². The van der Waals surface area contributed by atoms with Crippen LogP contribution in [0.5, 0.6) is 0 Å². The van der Waals surface area contributed by atoms with E-state index in [1.165, 1.54) is 35.7 Å². The number of hydrogen-bond acceptors (Lipinski definition) is 9. The number of benzene rings is 1. The summed E-state index contributed by atoms with van der Waals surface area (Å²) in [6, 6.07) is 2.57. The van der Waals surface area contributed by atoms with Crippen LogP contribution >= 0.6 is 23.5 Å². The lowest BCUT2D eigenvalue weighted by Gasteiger charge is -2.49. The van der Waals surface area contributed by atoms with Gasteiger partial charge < -0.3 is 21.5 Å². The monoisotopic (exact) mass is 557 g/mol. The zero-order chi connectivity index (χ0) is 26.9. The number of H-pyrrole nitrogens is 1. The van der Waals surface area contributed by atoms with Crippen LogP contribution in [0.2, 0.25) is 0 Å². The SMILES string of the molecule is NC(C(=O)NC1C(=O)N2C(C(=O)O)=C(CSc3c[nH]nn3)CS[C@H]12)c1ccc(NC(=O)C(F)(F)F)cc1. The highest BCUT2D eigenvalue weighted by Gasteiger charge is 2.54. The Morgan fingerprint density at radius 3 is 2.59 bits per heavy atom. The van der Waals surface area contributed by atoms with E-state index in [1.807, 2.05) is 0 Å². The second kappa shape index (κ2) is 10.4. The highest BCUT2D eigenvalue weighted by molar-refractivity contribution is 8.01. The van der Waals surface area contributed by atoms with Crippen molar-refractivity contribution in [2.24, 2.45) is 5.73 Å². The van der Waals surface area contributed by atoms with Gasteiger partial charge in [-0.1, -0.05) is 29.1 Å². The number of halogens is 3. The number of rotatable bonds is 8. The number of nitrogens with two attached hydrogens (primary N) is 1. The van der Waals surface area contributed by atoms with Crippen molar-refractivity contribution < 1.29 is 37.5 Å².